The van der Waals surface area contributed by atoms with E-state index in [0.29, 0.717) is 18.2 Å². The fraction of sp³-hybridized carbons (Fsp3) is 0.458. The van der Waals surface area contributed by atoms with Crippen molar-refractivity contribution < 1.29 is 19.1 Å². The summed E-state index contributed by atoms with van der Waals surface area (Å²) in [6, 6.07) is 6.02. The van der Waals surface area contributed by atoms with Gasteiger partial charge in [-0.25, -0.2) is 4.79 Å². The normalized spacial score (nSPS) is 17.7. The molecule has 0 bridgehead atoms. The number of allylic oxidation sites excluding steroid dienone is 2. The fourth-order valence-electron chi connectivity index (χ4n) is 3.87. The Labute approximate surface area is 177 Å². The number of carboxylic acid groups (broad SMARTS) is 1. The third-order valence-electron chi connectivity index (χ3n) is 5.90. The Hall–Kier alpha value is -2.89. The highest BCUT2D eigenvalue weighted by molar-refractivity contribution is 5.86. The smallest absolute Gasteiger partial charge is 0.352 e. The number of ether oxygens (including phenoxy) is 1. The first-order valence-electron chi connectivity index (χ1n) is 10.6. The summed E-state index contributed by atoms with van der Waals surface area (Å²) in [6.45, 7) is 7.70. The quantitative estimate of drug-likeness (QED) is 0.662. The highest BCUT2D eigenvalue weighted by Gasteiger charge is 2.26. The summed E-state index contributed by atoms with van der Waals surface area (Å²) in [5.74, 6) is 1.89. The molecule has 1 aliphatic carbocycles. The summed E-state index contributed by atoms with van der Waals surface area (Å²) in [6.07, 6.45) is 6.03. The lowest BCUT2D eigenvalue weighted by Crippen LogP contribution is -2.35. The predicted molar refractivity (Wildman–Crippen MR) is 116 cm³/mol. The number of fused-ring (bicyclic) bond motifs is 1. The number of nitrogens with zero attached hydrogens (tertiary/aromatic N) is 1. The number of aliphatic carboxylic acids is 1. The molecule has 1 atom stereocenters. The number of carboxylic acids is 1. The number of hydrogen-bond acceptors (Lipinski definition) is 5. The molecule has 1 aliphatic heterocycles. The number of aryl methyl sites for hydroxylation is 1. The van der Waals surface area contributed by atoms with Crippen LogP contribution in [0.15, 0.2) is 46.2 Å². The van der Waals surface area contributed by atoms with Gasteiger partial charge in [-0.3, -0.25) is 0 Å². The molecule has 1 saturated carbocycles. The van der Waals surface area contributed by atoms with Gasteiger partial charge < -0.3 is 24.5 Å². The summed E-state index contributed by atoms with van der Waals surface area (Å²) in [7, 11) is 1.79. The van der Waals surface area contributed by atoms with E-state index in [1.165, 1.54) is 12.8 Å². The van der Waals surface area contributed by atoms with Gasteiger partial charge in [0, 0.05) is 23.7 Å². The van der Waals surface area contributed by atoms with Crippen LogP contribution in [0.2, 0.25) is 0 Å². The van der Waals surface area contributed by atoms with Crippen LogP contribution in [0.4, 0.5) is 0 Å². The minimum absolute atomic E-state index is 0.0207. The summed E-state index contributed by atoms with van der Waals surface area (Å²) >= 11 is 0. The van der Waals surface area contributed by atoms with Crippen molar-refractivity contribution in [1.82, 2.24) is 10.2 Å². The molecule has 1 aromatic heterocycles. The first-order chi connectivity index (χ1) is 14.3. The zero-order chi connectivity index (χ0) is 21.4. The van der Waals surface area contributed by atoms with E-state index in [-0.39, 0.29) is 12.0 Å². The van der Waals surface area contributed by atoms with E-state index in [0.717, 1.165) is 40.3 Å². The molecule has 0 radical (unpaired) electrons. The second-order valence-electron chi connectivity index (χ2n) is 8.77. The molecule has 2 aromatic rings. The number of benzene rings is 1. The summed E-state index contributed by atoms with van der Waals surface area (Å²) in [5, 5.41) is 13.9. The molecule has 1 fully saturated rings. The van der Waals surface area contributed by atoms with E-state index in [4.69, 9.17) is 9.15 Å². The van der Waals surface area contributed by atoms with Crippen molar-refractivity contribution in [2.45, 2.75) is 39.7 Å². The SMILES string of the molecule is Cc1c(C(NC2=CC=C(C(=O)O)N(C)C2)C(C)C)oc2ccc(OCC3CC3)cc12. The zero-order valence-corrected chi connectivity index (χ0v) is 18.1. The third-order valence-corrected chi connectivity index (χ3v) is 5.90. The Morgan fingerprint density at radius 3 is 2.73 bits per heavy atom. The number of nitrogens with one attached hydrogen (secondary N) is 1. The average molecular weight is 411 g/mol. The number of rotatable bonds is 8. The highest BCUT2D eigenvalue weighted by Crippen LogP contribution is 2.36. The lowest BCUT2D eigenvalue weighted by Gasteiger charge is -2.29. The monoisotopic (exact) mass is 410 g/mol. The molecule has 4 rings (SSSR count). The number of carbonyl (C=O) groups is 1. The van der Waals surface area contributed by atoms with Crippen LogP contribution in [-0.2, 0) is 4.79 Å². The zero-order valence-electron chi connectivity index (χ0n) is 18.1. The number of likely N-dealkylation sites (N-methyl/N-ethyl adjacent to an activating group) is 1. The van der Waals surface area contributed by atoms with E-state index in [1.54, 1.807) is 18.0 Å². The van der Waals surface area contributed by atoms with Crippen LogP contribution in [0.25, 0.3) is 11.0 Å². The van der Waals surface area contributed by atoms with Gasteiger partial charge in [-0.1, -0.05) is 13.8 Å². The van der Waals surface area contributed by atoms with Crippen LogP contribution in [-0.4, -0.2) is 36.2 Å². The van der Waals surface area contributed by atoms with Crippen LogP contribution in [0.5, 0.6) is 5.75 Å². The van der Waals surface area contributed by atoms with Gasteiger partial charge in [0.15, 0.2) is 0 Å². The first-order valence-corrected chi connectivity index (χ1v) is 10.6. The molecule has 0 spiro atoms. The summed E-state index contributed by atoms with van der Waals surface area (Å²) in [5.41, 5.74) is 3.23. The van der Waals surface area contributed by atoms with Crippen molar-refractivity contribution in [3.8, 4) is 5.75 Å². The van der Waals surface area contributed by atoms with Crippen molar-refractivity contribution in [1.29, 1.82) is 0 Å². The Bertz CT molecular complexity index is 1010. The summed E-state index contributed by atoms with van der Waals surface area (Å²) in [4.78, 5) is 13.0. The first kappa shape index (κ1) is 20.4. The molecule has 6 heteroatoms. The Kier molecular flexibility index (Phi) is 5.50. The molecule has 1 aromatic carbocycles. The number of furan rings is 1. The van der Waals surface area contributed by atoms with Crippen molar-refractivity contribution in [2.24, 2.45) is 11.8 Å². The van der Waals surface area contributed by atoms with Gasteiger partial charge in [0.2, 0.25) is 0 Å². The van der Waals surface area contributed by atoms with Gasteiger partial charge in [-0.15, -0.1) is 0 Å². The highest BCUT2D eigenvalue weighted by atomic mass is 16.5. The van der Waals surface area contributed by atoms with Crippen molar-refractivity contribution in [3.63, 3.8) is 0 Å². The van der Waals surface area contributed by atoms with E-state index >= 15 is 0 Å². The fourth-order valence-corrected chi connectivity index (χ4v) is 3.87. The number of hydrogen-bond donors (Lipinski definition) is 2. The van der Waals surface area contributed by atoms with Crippen molar-refractivity contribution >= 4 is 16.9 Å². The Morgan fingerprint density at radius 2 is 2.10 bits per heavy atom. The molecule has 160 valence electrons. The minimum Gasteiger partial charge on any atom is -0.493 e. The van der Waals surface area contributed by atoms with Gasteiger partial charge >= 0.3 is 5.97 Å². The van der Waals surface area contributed by atoms with Crippen LogP contribution in [0.3, 0.4) is 0 Å². The van der Waals surface area contributed by atoms with Gasteiger partial charge in [-0.05, 0) is 62.0 Å². The van der Waals surface area contributed by atoms with Crippen LogP contribution < -0.4 is 10.1 Å². The predicted octanol–water partition coefficient (Wildman–Crippen LogP) is 4.61. The van der Waals surface area contributed by atoms with E-state index < -0.39 is 5.97 Å². The molecule has 30 heavy (non-hydrogen) atoms. The Morgan fingerprint density at radius 1 is 1.33 bits per heavy atom. The molecular formula is C24H30N2O4. The van der Waals surface area contributed by atoms with Gasteiger partial charge in [0.25, 0.3) is 0 Å². The lowest BCUT2D eigenvalue weighted by molar-refractivity contribution is -0.134. The van der Waals surface area contributed by atoms with Crippen LogP contribution in [0.1, 0.15) is 44.1 Å². The molecule has 0 amide bonds. The van der Waals surface area contributed by atoms with Crippen LogP contribution in [0, 0.1) is 18.8 Å². The van der Waals surface area contributed by atoms with Gasteiger partial charge in [0.05, 0.1) is 19.2 Å². The third kappa shape index (κ3) is 4.18. The average Bonchev–Trinajstić information content (AvgIpc) is 3.47. The molecule has 2 N–H and O–H groups in total. The second-order valence-corrected chi connectivity index (χ2v) is 8.77. The van der Waals surface area contributed by atoms with E-state index in [1.807, 2.05) is 18.2 Å². The maximum atomic E-state index is 11.3. The maximum absolute atomic E-state index is 11.3. The Balaban J connectivity index is 1.59. The standard InChI is InChI=1S/C24H30N2O4/c1-14(2)22(25-17-7-9-20(24(27)28)26(4)12-17)23-15(3)19-11-18(8-10-21(19)30-23)29-13-16-5-6-16/h7-11,14,16,22,25H,5-6,12-13H2,1-4H3,(H,27,28). The maximum Gasteiger partial charge on any atom is 0.352 e. The summed E-state index contributed by atoms with van der Waals surface area (Å²) < 4.78 is 12.2. The largest absolute Gasteiger partial charge is 0.493 e. The van der Waals surface area contributed by atoms with Gasteiger partial charge in [-0.2, -0.15) is 0 Å². The second kappa shape index (κ2) is 8.09. The van der Waals surface area contributed by atoms with Crippen molar-refractivity contribution in [3.05, 3.63) is 53.1 Å². The minimum atomic E-state index is -0.916. The van der Waals surface area contributed by atoms with E-state index in [9.17, 15) is 9.90 Å². The van der Waals surface area contributed by atoms with Crippen LogP contribution >= 0.6 is 0 Å². The van der Waals surface area contributed by atoms with E-state index in [2.05, 4.69) is 32.2 Å². The van der Waals surface area contributed by atoms with Gasteiger partial charge in [0.1, 0.15) is 22.8 Å². The molecule has 2 heterocycles. The molecule has 2 aliphatic rings. The topological polar surface area (TPSA) is 74.9 Å². The molecule has 6 nitrogen and oxygen atoms in total. The van der Waals surface area contributed by atoms with Crippen molar-refractivity contribution in [2.75, 3.05) is 20.2 Å². The molecule has 0 saturated heterocycles. The molecule has 1 unspecified atom stereocenters. The lowest BCUT2D eigenvalue weighted by atomic mass is 9.97. The molecular weight excluding hydrogens is 380 g/mol.